The van der Waals surface area contributed by atoms with Crippen LogP contribution in [-0.2, 0) is 31.3 Å². The molecule has 0 spiro atoms. The molecule has 0 atom stereocenters. The van der Waals surface area contributed by atoms with Gasteiger partial charge in [0.25, 0.3) is 11.6 Å². The lowest BCUT2D eigenvalue weighted by molar-refractivity contribution is -0.387. The highest BCUT2D eigenvalue weighted by atomic mass is 32.2. The molecular formula is C22H22N6O8S2. The average Bonchev–Trinajstić information content (AvgIpc) is 3.32. The van der Waals surface area contributed by atoms with E-state index in [1.54, 1.807) is 11.6 Å². The molecule has 1 amide bonds. The van der Waals surface area contributed by atoms with Gasteiger partial charge in [-0.1, -0.05) is 6.07 Å². The van der Waals surface area contributed by atoms with Crippen LogP contribution in [0, 0.1) is 10.1 Å². The van der Waals surface area contributed by atoms with E-state index < -0.39 is 33.4 Å². The molecule has 1 aliphatic rings. The summed E-state index contributed by atoms with van der Waals surface area (Å²) in [6.07, 6.45) is 1.45. The third kappa shape index (κ3) is 6.34. The second kappa shape index (κ2) is 11.7. The van der Waals surface area contributed by atoms with Crippen molar-refractivity contribution in [1.82, 2.24) is 19.1 Å². The smallest absolute Gasteiger partial charge is 0.338 e. The number of hydrogen-bond donors (Lipinski definition) is 1. The highest BCUT2D eigenvalue weighted by molar-refractivity contribution is 7.99. The molecule has 16 heteroatoms. The molecule has 38 heavy (non-hydrogen) atoms. The molecule has 1 aliphatic heterocycles. The predicted octanol–water partition coefficient (Wildman–Crippen LogP) is 1.69. The molecule has 0 radical (unpaired) electrons. The van der Waals surface area contributed by atoms with Crippen LogP contribution in [0.4, 0.5) is 11.4 Å². The summed E-state index contributed by atoms with van der Waals surface area (Å²) < 4.78 is 38.7. The number of nitro benzene ring substituents is 1. The van der Waals surface area contributed by atoms with Crippen LogP contribution in [-0.4, -0.2) is 77.2 Å². The molecule has 14 nitrogen and oxygen atoms in total. The van der Waals surface area contributed by atoms with E-state index in [-0.39, 0.29) is 39.8 Å². The van der Waals surface area contributed by atoms with Gasteiger partial charge in [0, 0.05) is 31.9 Å². The molecule has 1 fully saturated rings. The molecule has 0 saturated carbocycles. The lowest BCUT2D eigenvalue weighted by Gasteiger charge is -2.26. The van der Waals surface area contributed by atoms with Crippen molar-refractivity contribution in [2.75, 3.05) is 38.2 Å². The maximum atomic E-state index is 12.8. The molecule has 0 unspecified atom stereocenters. The Hall–Kier alpha value is -3.86. The minimum absolute atomic E-state index is 0.000729. The minimum Gasteiger partial charge on any atom is -0.452 e. The molecule has 0 aliphatic carbocycles. The Kier molecular flexibility index (Phi) is 8.35. The number of amides is 1. The standard InChI is InChI=1S/C22H22N6O8S2/c1-26-14-23-25-22(26)37-19-6-5-15(11-18(19)28(31)32)21(30)36-13-20(29)24-16-3-2-4-17(12-16)38(33,34)27-7-9-35-10-8-27/h2-6,11-12,14H,7-10,13H2,1H3,(H,24,29). The molecule has 0 bridgehead atoms. The summed E-state index contributed by atoms with van der Waals surface area (Å²) in [4.78, 5) is 36.0. The van der Waals surface area contributed by atoms with E-state index >= 15 is 0 Å². The van der Waals surface area contributed by atoms with Crippen LogP contribution in [0.5, 0.6) is 0 Å². The van der Waals surface area contributed by atoms with E-state index in [1.165, 1.54) is 47.0 Å². The first kappa shape index (κ1) is 27.2. The fourth-order valence-electron chi connectivity index (χ4n) is 3.42. The number of aromatic nitrogens is 3. The molecule has 4 rings (SSSR count). The first-order chi connectivity index (χ1) is 18.1. The minimum atomic E-state index is -3.76. The second-order valence-electron chi connectivity index (χ2n) is 7.93. The highest BCUT2D eigenvalue weighted by Gasteiger charge is 2.26. The number of nitrogens with zero attached hydrogens (tertiary/aromatic N) is 5. The maximum Gasteiger partial charge on any atom is 0.338 e. The fraction of sp³-hybridized carbons (Fsp3) is 0.273. The zero-order valence-electron chi connectivity index (χ0n) is 20.0. The maximum absolute atomic E-state index is 12.8. The molecular weight excluding hydrogens is 540 g/mol. The summed E-state index contributed by atoms with van der Waals surface area (Å²) in [7, 11) is -2.08. The molecule has 2 aromatic carbocycles. The van der Waals surface area contributed by atoms with Gasteiger partial charge in [0.05, 0.1) is 33.5 Å². The van der Waals surface area contributed by atoms with E-state index in [0.29, 0.717) is 18.4 Å². The number of nitro groups is 1. The number of benzene rings is 2. The number of rotatable bonds is 9. The van der Waals surface area contributed by atoms with Crippen LogP contribution < -0.4 is 5.32 Å². The Balaban J connectivity index is 1.38. The second-order valence-corrected chi connectivity index (χ2v) is 10.9. The van der Waals surface area contributed by atoms with Crippen LogP contribution in [0.1, 0.15) is 10.4 Å². The zero-order valence-corrected chi connectivity index (χ0v) is 21.6. The number of esters is 1. The number of aryl methyl sites for hydroxylation is 1. The number of hydrogen-bond acceptors (Lipinski definition) is 11. The number of sulfonamides is 1. The number of morpholine rings is 1. The van der Waals surface area contributed by atoms with Gasteiger partial charge < -0.3 is 19.4 Å². The van der Waals surface area contributed by atoms with Crippen LogP contribution in [0.15, 0.2) is 63.7 Å². The van der Waals surface area contributed by atoms with E-state index in [9.17, 15) is 28.1 Å². The van der Waals surface area contributed by atoms with Gasteiger partial charge in [0.1, 0.15) is 6.33 Å². The topological polar surface area (TPSA) is 176 Å². The molecule has 200 valence electrons. The predicted molar refractivity (Wildman–Crippen MR) is 133 cm³/mol. The summed E-state index contributed by atoms with van der Waals surface area (Å²) >= 11 is 1.01. The Labute approximate surface area is 221 Å². The Morgan fingerprint density at radius 2 is 1.97 bits per heavy atom. The largest absolute Gasteiger partial charge is 0.452 e. The Morgan fingerprint density at radius 1 is 1.21 bits per heavy atom. The molecule has 3 aromatic rings. The van der Waals surface area contributed by atoms with E-state index in [4.69, 9.17) is 9.47 Å². The van der Waals surface area contributed by atoms with Gasteiger partial charge in [0.15, 0.2) is 11.8 Å². The van der Waals surface area contributed by atoms with Crippen molar-refractivity contribution in [1.29, 1.82) is 0 Å². The summed E-state index contributed by atoms with van der Waals surface area (Å²) in [5.74, 6) is -1.66. The van der Waals surface area contributed by atoms with Gasteiger partial charge in [-0.25, -0.2) is 13.2 Å². The molecule has 1 N–H and O–H groups in total. The Bertz CT molecular complexity index is 1470. The van der Waals surface area contributed by atoms with Gasteiger partial charge in [-0.3, -0.25) is 14.9 Å². The quantitative estimate of drug-likeness (QED) is 0.228. The summed E-state index contributed by atoms with van der Waals surface area (Å²) in [6.45, 7) is 0.364. The average molecular weight is 563 g/mol. The molecule has 1 aromatic heterocycles. The van der Waals surface area contributed by atoms with Gasteiger partial charge in [0.2, 0.25) is 10.0 Å². The lowest BCUT2D eigenvalue weighted by Crippen LogP contribution is -2.40. The normalized spacial score (nSPS) is 14.1. The summed E-state index contributed by atoms with van der Waals surface area (Å²) in [5, 5.41) is 22.1. The molecule has 2 heterocycles. The summed E-state index contributed by atoms with van der Waals surface area (Å²) in [6, 6.07) is 9.48. The van der Waals surface area contributed by atoms with Crippen molar-refractivity contribution in [3.05, 3.63) is 64.5 Å². The van der Waals surface area contributed by atoms with Crippen molar-refractivity contribution in [3.63, 3.8) is 0 Å². The van der Waals surface area contributed by atoms with Crippen molar-refractivity contribution >= 4 is 45.0 Å². The van der Waals surface area contributed by atoms with Crippen LogP contribution in [0.25, 0.3) is 0 Å². The fourth-order valence-corrected chi connectivity index (χ4v) is 5.72. The summed E-state index contributed by atoms with van der Waals surface area (Å²) in [5.41, 5.74) is -0.262. The first-order valence-electron chi connectivity index (χ1n) is 11.1. The van der Waals surface area contributed by atoms with Gasteiger partial charge in [-0.2, -0.15) is 4.31 Å². The number of carbonyl (C=O) groups is 2. The van der Waals surface area contributed by atoms with Crippen LogP contribution in [0.3, 0.4) is 0 Å². The number of anilines is 1. The van der Waals surface area contributed by atoms with Crippen molar-refractivity contribution in [2.45, 2.75) is 14.9 Å². The van der Waals surface area contributed by atoms with E-state index in [2.05, 4.69) is 15.5 Å². The third-order valence-electron chi connectivity index (χ3n) is 5.32. The van der Waals surface area contributed by atoms with Gasteiger partial charge >= 0.3 is 5.97 Å². The van der Waals surface area contributed by atoms with Crippen LogP contribution in [0.2, 0.25) is 0 Å². The first-order valence-corrected chi connectivity index (χ1v) is 13.4. The SMILES string of the molecule is Cn1cnnc1Sc1ccc(C(=O)OCC(=O)Nc2cccc(S(=O)(=O)N3CCOCC3)c2)cc1[N+](=O)[O-]. The van der Waals surface area contributed by atoms with Crippen molar-refractivity contribution in [2.24, 2.45) is 7.05 Å². The highest BCUT2D eigenvalue weighted by Crippen LogP contribution is 2.34. The third-order valence-corrected chi connectivity index (χ3v) is 8.33. The van der Waals surface area contributed by atoms with Gasteiger partial charge in [-0.05, 0) is 42.1 Å². The number of carbonyl (C=O) groups excluding carboxylic acids is 2. The van der Waals surface area contributed by atoms with Crippen LogP contribution >= 0.6 is 11.8 Å². The number of nitrogens with one attached hydrogen (secondary N) is 1. The van der Waals surface area contributed by atoms with E-state index in [0.717, 1.165) is 17.8 Å². The van der Waals surface area contributed by atoms with Crippen molar-refractivity contribution in [3.8, 4) is 0 Å². The van der Waals surface area contributed by atoms with E-state index in [1.807, 2.05) is 0 Å². The molecule has 1 saturated heterocycles. The van der Waals surface area contributed by atoms with Gasteiger partial charge in [-0.15, -0.1) is 10.2 Å². The number of ether oxygens (including phenoxy) is 2. The monoisotopic (exact) mass is 562 g/mol. The Morgan fingerprint density at radius 3 is 2.66 bits per heavy atom. The van der Waals surface area contributed by atoms with Crippen molar-refractivity contribution < 1.29 is 32.4 Å². The lowest BCUT2D eigenvalue weighted by atomic mass is 10.2. The zero-order chi connectivity index (χ0) is 27.3.